The molecule has 0 saturated heterocycles. The molecule has 3 N–H and O–H groups in total. The summed E-state index contributed by atoms with van der Waals surface area (Å²) < 4.78 is 0. The van der Waals surface area contributed by atoms with Crippen LogP contribution in [0.4, 0.5) is 0 Å². The lowest BCUT2D eigenvalue weighted by atomic mass is 10.0. The molecule has 1 unspecified atom stereocenters. The zero-order valence-corrected chi connectivity index (χ0v) is 11.3. The van der Waals surface area contributed by atoms with Gasteiger partial charge in [-0.1, -0.05) is 24.6 Å². The molecule has 100 valence electrons. The normalized spacial score (nSPS) is 12.2. The van der Waals surface area contributed by atoms with Crippen LogP contribution in [0.3, 0.4) is 0 Å². The maximum atomic E-state index is 11.5. The summed E-state index contributed by atoms with van der Waals surface area (Å²) in [5.74, 6) is 0.241. The fraction of sp³-hybridized carbons (Fsp3) is 0.500. The van der Waals surface area contributed by atoms with Crippen LogP contribution in [0.5, 0.6) is 5.75 Å². The van der Waals surface area contributed by atoms with E-state index in [-0.39, 0.29) is 24.2 Å². The number of benzene rings is 1. The number of phenols is 1. The van der Waals surface area contributed by atoms with E-state index in [0.29, 0.717) is 6.54 Å². The summed E-state index contributed by atoms with van der Waals surface area (Å²) in [6, 6.07) is 5.41. The minimum absolute atomic E-state index is 0.0177. The Hall–Kier alpha value is -1.55. The molecule has 0 radical (unpaired) electrons. The highest BCUT2D eigenvalue weighted by Gasteiger charge is 2.11. The molecule has 0 aliphatic rings. The van der Waals surface area contributed by atoms with Crippen molar-refractivity contribution >= 4 is 5.91 Å². The highest BCUT2D eigenvalue weighted by molar-refractivity contribution is 5.78. The molecule has 1 aromatic carbocycles. The summed E-state index contributed by atoms with van der Waals surface area (Å²) in [5.41, 5.74) is 1.91. The van der Waals surface area contributed by atoms with Crippen LogP contribution in [0.25, 0.3) is 0 Å². The van der Waals surface area contributed by atoms with Crippen molar-refractivity contribution in [3.05, 3.63) is 29.3 Å². The Labute approximate surface area is 108 Å². The van der Waals surface area contributed by atoms with Crippen molar-refractivity contribution < 1.29 is 9.90 Å². The topological polar surface area (TPSA) is 61.4 Å². The molecule has 0 fully saturated rings. The number of rotatable bonds is 6. The maximum Gasteiger partial charge on any atom is 0.233 e. The number of hydrogen-bond acceptors (Lipinski definition) is 3. The zero-order chi connectivity index (χ0) is 13.5. The summed E-state index contributed by atoms with van der Waals surface area (Å²) in [5, 5.41) is 15.7. The van der Waals surface area contributed by atoms with Crippen LogP contribution >= 0.6 is 0 Å². The molecular formula is C14H22N2O2. The smallest absolute Gasteiger partial charge is 0.233 e. The third kappa shape index (κ3) is 4.37. The van der Waals surface area contributed by atoms with E-state index >= 15 is 0 Å². The third-order valence-corrected chi connectivity index (χ3v) is 2.79. The number of carbonyl (C=O) groups excluding carboxylic acids is 1. The molecule has 0 heterocycles. The quantitative estimate of drug-likeness (QED) is 0.722. The van der Waals surface area contributed by atoms with Crippen LogP contribution in [0.1, 0.15) is 37.4 Å². The lowest BCUT2D eigenvalue weighted by Crippen LogP contribution is -2.35. The minimum Gasteiger partial charge on any atom is -0.508 e. The molecule has 4 nitrogen and oxygen atoms in total. The lowest BCUT2D eigenvalue weighted by Gasteiger charge is -2.16. The van der Waals surface area contributed by atoms with E-state index in [1.54, 1.807) is 6.07 Å². The van der Waals surface area contributed by atoms with Gasteiger partial charge in [0.2, 0.25) is 5.91 Å². The highest BCUT2D eigenvalue weighted by atomic mass is 16.3. The third-order valence-electron chi connectivity index (χ3n) is 2.79. The Morgan fingerprint density at radius 1 is 1.44 bits per heavy atom. The summed E-state index contributed by atoms with van der Waals surface area (Å²) in [6.07, 6.45) is 0.931. The van der Waals surface area contributed by atoms with E-state index in [1.165, 1.54) is 0 Å². The molecule has 0 bridgehead atoms. The Kier molecular flexibility index (Phi) is 5.65. The standard InChI is InChI=1S/C14H22N2O2/c1-4-7-15-14(18)9-16-11(3)12-8-10(2)5-6-13(12)17/h5-6,8,11,16-17H,4,7,9H2,1-3H3,(H,15,18). The fourth-order valence-electron chi connectivity index (χ4n) is 1.70. The van der Waals surface area contributed by atoms with Crippen molar-refractivity contribution in [1.29, 1.82) is 0 Å². The van der Waals surface area contributed by atoms with Crippen molar-refractivity contribution in [1.82, 2.24) is 10.6 Å². The number of aromatic hydroxyl groups is 1. The fourth-order valence-corrected chi connectivity index (χ4v) is 1.70. The van der Waals surface area contributed by atoms with Crippen LogP contribution in [0.2, 0.25) is 0 Å². The Morgan fingerprint density at radius 3 is 2.83 bits per heavy atom. The molecule has 0 aliphatic heterocycles. The van der Waals surface area contributed by atoms with Crippen LogP contribution in [0.15, 0.2) is 18.2 Å². The van der Waals surface area contributed by atoms with E-state index < -0.39 is 0 Å². The van der Waals surface area contributed by atoms with Gasteiger partial charge in [0, 0.05) is 18.2 Å². The van der Waals surface area contributed by atoms with E-state index in [0.717, 1.165) is 17.5 Å². The largest absolute Gasteiger partial charge is 0.508 e. The first kappa shape index (κ1) is 14.5. The second-order valence-electron chi connectivity index (χ2n) is 4.51. The summed E-state index contributed by atoms with van der Waals surface area (Å²) in [4.78, 5) is 11.5. The summed E-state index contributed by atoms with van der Waals surface area (Å²) in [7, 11) is 0. The summed E-state index contributed by atoms with van der Waals surface area (Å²) >= 11 is 0. The minimum atomic E-state index is -0.0581. The highest BCUT2D eigenvalue weighted by Crippen LogP contribution is 2.24. The molecular weight excluding hydrogens is 228 g/mol. The Balaban J connectivity index is 2.52. The second-order valence-corrected chi connectivity index (χ2v) is 4.51. The van der Waals surface area contributed by atoms with Gasteiger partial charge >= 0.3 is 0 Å². The van der Waals surface area contributed by atoms with Crippen molar-refractivity contribution in [2.24, 2.45) is 0 Å². The molecule has 1 amide bonds. The van der Waals surface area contributed by atoms with Gasteiger partial charge in [-0.2, -0.15) is 0 Å². The molecule has 1 aromatic rings. The molecule has 4 heteroatoms. The van der Waals surface area contributed by atoms with Gasteiger partial charge in [-0.05, 0) is 26.3 Å². The Morgan fingerprint density at radius 2 is 2.17 bits per heavy atom. The first-order valence-electron chi connectivity index (χ1n) is 6.34. The molecule has 1 atom stereocenters. The SMILES string of the molecule is CCCNC(=O)CNC(C)c1cc(C)ccc1O. The van der Waals surface area contributed by atoms with Crippen molar-refractivity contribution in [2.45, 2.75) is 33.2 Å². The van der Waals surface area contributed by atoms with Gasteiger partial charge in [-0.15, -0.1) is 0 Å². The van der Waals surface area contributed by atoms with Gasteiger partial charge in [0.1, 0.15) is 5.75 Å². The molecule has 1 rings (SSSR count). The average Bonchev–Trinajstić information content (AvgIpc) is 2.36. The van der Waals surface area contributed by atoms with Crippen LogP contribution in [-0.2, 0) is 4.79 Å². The number of amides is 1. The van der Waals surface area contributed by atoms with Gasteiger partial charge in [0.25, 0.3) is 0 Å². The van der Waals surface area contributed by atoms with Gasteiger partial charge < -0.3 is 15.7 Å². The van der Waals surface area contributed by atoms with Gasteiger partial charge in [-0.3, -0.25) is 4.79 Å². The number of aryl methyl sites for hydroxylation is 1. The maximum absolute atomic E-state index is 11.5. The lowest BCUT2D eigenvalue weighted by molar-refractivity contribution is -0.120. The molecule has 0 aromatic heterocycles. The predicted octanol–water partition coefficient (Wildman–Crippen LogP) is 1.88. The van der Waals surface area contributed by atoms with E-state index in [9.17, 15) is 9.90 Å². The first-order chi connectivity index (χ1) is 8.54. The molecule has 18 heavy (non-hydrogen) atoms. The second kappa shape index (κ2) is 7.01. The molecule has 0 aliphatic carbocycles. The molecule has 0 spiro atoms. The zero-order valence-electron chi connectivity index (χ0n) is 11.3. The van der Waals surface area contributed by atoms with E-state index in [4.69, 9.17) is 0 Å². The predicted molar refractivity (Wildman–Crippen MR) is 72.6 cm³/mol. The van der Waals surface area contributed by atoms with E-state index in [1.807, 2.05) is 32.9 Å². The summed E-state index contributed by atoms with van der Waals surface area (Å²) in [6.45, 7) is 6.88. The number of phenolic OH excluding ortho intramolecular Hbond substituents is 1. The number of hydrogen-bond donors (Lipinski definition) is 3. The van der Waals surface area contributed by atoms with Gasteiger partial charge in [-0.25, -0.2) is 0 Å². The van der Waals surface area contributed by atoms with E-state index in [2.05, 4.69) is 10.6 Å². The number of nitrogens with one attached hydrogen (secondary N) is 2. The van der Waals surface area contributed by atoms with Crippen molar-refractivity contribution in [2.75, 3.05) is 13.1 Å². The Bertz CT molecular complexity index is 405. The van der Waals surface area contributed by atoms with Crippen LogP contribution in [-0.4, -0.2) is 24.1 Å². The monoisotopic (exact) mass is 250 g/mol. The van der Waals surface area contributed by atoms with Crippen LogP contribution in [0, 0.1) is 6.92 Å². The van der Waals surface area contributed by atoms with Gasteiger partial charge in [0.15, 0.2) is 0 Å². The average molecular weight is 250 g/mol. The molecule has 0 saturated carbocycles. The van der Waals surface area contributed by atoms with Gasteiger partial charge in [0.05, 0.1) is 6.54 Å². The van der Waals surface area contributed by atoms with Crippen molar-refractivity contribution in [3.8, 4) is 5.75 Å². The van der Waals surface area contributed by atoms with Crippen LogP contribution < -0.4 is 10.6 Å². The number of carbonyl (C=O) groups is 1. The first-order valence-corrected chi connectivity index (χ1v) is 6.34. The van der Waals surface area contributed by atoms with Crippen molar-refractivity contribution in [3.63, 3.8) is 0 Å².